The Morgan fingerprint density at radius 1 is 1.67 bits per heavy atom. The van der Waals surface area contributed by atoms with Crippen molar-refractivity contribution in [2.75, 3.05) is 0 Å². The van der Waals surface area contributed by atoms with Gasteiger partial charge in [-0.3, -0.25) is 10.2 Å². The fourth-order valence-corrected chi connectivity index (χ4v) is 2.29. The van der Waals surface area contributed by atoms with Crippen LogP contribution >= 0.6 is 0 Å². The molecule has 2 atom stereocenters. The lowest BCUT2D eigenvalue weighted by Gasteiger charge is -2.26. The van der Waals surface area contributed by atoms with Crippen molar-refractivity contribution < 1.29 is 14.1 Å². The summed E-state index contributed by atoms with van der Waals surface area (Å²) in [6, 6.07) is 1.55. The van der Waals surface area contributed by atoms with Crippen LogP contribution in [-0.4, -0.2) is 17.2 Å². The number of nitrogen functional groups attached to an aromatic ring is 1. The quantitative estimate of drug-likeness (QED) is 0.480. The van der Waals surface area contributed by atoms with Gasteiger partial charge in [0.15, 0.2) is 11.5 Å². The van der Waals surface area contributed by atoms with Crippen molar-refractivity contribution >= 4 is 5.91 Å². The molecule has 2 unspecified atom stereocenters. The summed E-state index contributed by atoms with van der Waals surface area (Å²) in [4.78, 5) is 11.2. The number of nitrogens with zero attached hydrogens (tertiary/aromatic N) is 1. The lowest BCUT2D eigenvalue weighted by Crippen LogP contribution is -2.30. The van der Waals surface area contributed by atoms with Crippen LogP contribution in [0.4, 0.5) is 0 Å². The maximum absolute atomic E-state index is 11.2. The van der Waals surface area contributed by atoms with E-state index < -0.39 is 5.91 Å². The van der Waals surface area contributed by atoms with Gasteiger partial charge in [0, 0.05) is 6.07 Å². The highest BCUT2D eigenvalue weighted by molar-refractivity contribution is 5.91. The topological polar surface area (TPSA) is 90.4 Å². The standard InChI is InChI=1S/C12H19N3O3/c1-8-3-2-4-9(5-8)17-7-10-6-11(15-18-10)12(16)14-13/h6,8-9H,2-5,7,13H2,1H3,(H,14,16). The van der Waals surface area contributed by atoms with Gasteiger partial charge >= 0.3 is 0 Å². The van der Waals surface area contributed by atoms with E-state index >= 15 is 0 Å². The van der Waals surface area contributed by atoms with E-state index in [1.54, 1.807) is 6.07 Å². The van der Waals surface area contributed by atoms with E-state index in [-0.39, 0.29) is 11.8 Å². The van der Waals surface area contributed by atoms with Gasteiger partial charge in [0.25, 0.3) is 5.91 Å². The summed E-state index contributed by atoms with van der Waals surface area (Å²) < 4.78 is 10.8. The second-order valence-electron chi connectivity index (χ2n) is 4.86. The van der Waals surface area contributed by atoms with E-state index in [1.807, 2.05) is 5.43 Å². The lowest BCUT2D eigenvalue weighted by atomic mass is 9.89. The molecule has 6 nitrogen and oxygen atoms in total. The predicted molar refractivity (Wildman–Crippen MR) is 64.4 cm³/mol. The van der Waals surface area contributed by atoms with Gasteiger partial charge in [-0.1, -0.05) is 24.9 Å². The van der Waals surface area contributed by atoms with E-state index in [0.29, 0.717) is 12.4 Å². The fourth-order valence-electron chi connectivity index (χ4n) is 2.29. The van der Waals surface area contributed by atoms with E-state index in [0.717, 1.165) is 18.8 Å². The highest BCUT2D eigenvalue weighted by Gasteiger charge is 2.20. The number of hydrogen-bond acceptors (Lipinski definition) is 5. The largest absolute Gasteiger partial charge is 0.370 e. The van der Waals surface area contributed by atoms with Crippen molar-refractivity contribution in [2.45, 2.75) is 45.3 Å². The van der Waals surface area contributed by atoms with Crippen molar-refractivity contribution in [3.63, 3.8) is 0 Å². The molecule has 3 N–H and O–H groups in total. The number of ether oxygens (including phenoxy) is 1. The highest BCUT2D eigenvalue weighted by atomic mass is 16.5. The Balaban J connectivity index is 1.82. The lowest BCUT2D eigenvalue weighted by molar-refractivity contribution is -0.00448. The maximum atomic E-state index is 11.2. The molecule has 1 saturated carbocycles. The van der Waals surface area contributed by atoms with Gasteiger partial charge in [-0.25, -0.2) is 5.84 Å². The van der Waals surface area contributed by atoms with E-state index in [1.165, 1.54) is 12.8 Å². The van der Waals surface area contributed by atoms with Gasteiger partial charge in [-0.05, 0) is 18.8 Å². The minimum absolute atomic E-state index is 0.174. The van der Waals surface area contributed by atoms with Gasteiger partial charge < -0.3 is 9.26 Å². The molecule has 1 fully saturated rings. The minimum Gasteiger partial charge on any atom is -0.370 e. The number of hydrazine groups is 1. The molecule has 0 spiro atoms. The third-order valence-electron chi connectivity index (χ3n) is 3.27. The average Bonchev–Trinajstić information content (AvgIpc) is 2.84. The van der Waals surface area contributed by atoms with Crippen LogP contribution < -0.4 is 11.3 Å². The molecule has 1 aromatic heterocycles. The summed E-state index contributed by atoms with van der Waals surface area (Å²) >= 11 is 0. The molecule has 0 aromatic carbocycles. The van der Waals surface area contributed by atoms with E-state index in [2.05, 4.69) is 12.1 Å². The number of aromatic nitrogens is 1. The van der Waals surface area contributed by atoms with Crippen molar-refractivity contribution in [1.29, 1.82) is 0 Å². The number of amides is 1. The van der Waals surface area contributed by atoms with Crippen LogP contribution in [0.1, 0.15) is 48.9 Å². The normalized spacial score (nSPS) is 23.9. The summed E-state index contributed by atoms with van der Waals surface area (Å²) in [5.41, 5.74) is 2.18. The minimum atomic E-state index is -0.462. The fraction of sp³-hybridized carbons (Fsp3) is 0.667. The first-order valence-electron chi connectivity index (χ1n) is 6.27. The maximum Gasteiger partial charge on any atom is 0.287 e. The molecular formula is C12H19N3O3. The molecule has 0 radical (unpaired) electrons. The summed E-state index contributed by atoms with van der Waals surface area (Å²) in [5.74, 6) is 5.81. The number of nitrogens with two attached hydrogens (primary N) is 1. The Morgan fingerprint density at radius 3 is 3.22 bits per heavy atom. The first kappa shape index (κ1) is 13.0. The summed E-state index contributed by atoms with van der Waals surface area (Å²) in [6.07, 6.45) is 4.95. The first-order valence-corrected chi connectivity index (χ1v) is 6.27. The highest BCUT2D eigenvalue weighted by Crippen LogP contribution is 2.26. The zero-order valence-corrected chi connectivity index (χ0v) is 10.5. The van der Waals surface area contributed by atoms with Crippen molar-refractivity contribution in [2.24, 2.45) is 11.8 Å². The van der Waals surface area contributed by atoms with Crippen LogP contribution in [0.25, 0.3) is 0 Å². The van der Waals surface area contributed by atoms with Gasteiger partial charge in [-0.15, -0.1) is 0 Å². The molecule has 0 bridgehead atoms. The van der Waals surface area contributed by atoms with E-state index in [4.69, 9.17) is 15.1 Å². The summed E-state index contributed by atoms with van der Waals surface area (Å²) in [7, 11) is 0. The number of carbonyl (C=O) groups excluding carboxylic acids is 1. The number of nitrogens with one attached hydrogen (secondary N) is 1. The summed E-state index contributed by atoms with van der Waals surface area (Å²) in [5, 5.41) is 3.62. The van der Waals surface area contributed by atoms with E-state index in [9.17, 15) is 4.79 Å². The van der Waals surface area contributed by atoms with Crippen LogP contribution in [0.3, 0.4) is 0 Å². The molecule has 2 rings (SSSR count). The number of carbonyl (C=O) groups is 1. The van der Waals surface area contributed by atoms with Crippen LogP contribution in [0, 0.1) is 5.92 Å². The molecular weight excluding hydrogens is 234 g/mol. The Labute approximate surface area is 106 Å². The molecule has 0 saturated heterocycles. The Hall–Kier alpha value is -1.40. The van der Waals surface area contributed by atoms with Gasteiger partial charge in [-0.2, -0.15) is 0 Å². The van der Waals surface area contributed by atoms with Crippen molar-refractivity contribution in [3.05, 3.63) is 17.5 Å². The average molecular weight is 253 g/mol. The van der Waals surface area contributed by atoms with Crippen molar-refractivity contribution in [1.82, 2.24) is 10.6 Å². The zero-order chi connectivity index (χ0) is 13.0. The number of rotatable bonds is 4. The summed E-state index contributed by atoms with van der Waals surface area (Å²) in [6.45, 7) is 2.59. The van der Waals surface area contributed by atoms with Gasteiger partial charge in [0.05, 0.1) is 6.10 Å². The molecule has 100 valence electrons. The third kappa shape index (κ3) is 3.30. The monoisotopic (exact) mass is 253 g/mol. The Bertz CT molecular complexity index is 405. The Kier molecular flexibility index (Phi) is 4.33. The third-order valence-corrected chi connectivity index (χ3v) is 3.27. The molecule has 6 heteroatoms. The smallest absolute Gasteiger partial charge is 0.287 e. The molecule has 1 heterocycles. The molecule has 1 aromatic rings. The first-order chi connectivity index (χ1) is 8.69. The molecule has 0 aliphatic heterocycles. The molecule has 18 heavy (non-hydrogen) atoms. The van der Waals surface area contributed by atoms with Crippen LogP contribution in [0.15, 0.2) is 10.6 Å². The second kappa shape index (κ2) is 5.97. The van der Waals surface area contributed by atoms with Crippen LogP contribution in [0.5, 0.6) is 0 Å². The molecule has 1 amide bonds. The van der Waals surface area contributed by atoms with Crippen LogP contribution in [0.2, 0.25) is 0 Å². The van der Waals surface area contributed by atoms with Gasteiger partial charge in [0.2, 0.25) is 0 Å². The van der Waals surface area contributed by atoms with Crippen molar-refractivity contribution in [3.8, 4) is 0 Å². The number of hydrogen-bond donors (Lipinski definition) is 2. The second-order valence-corrected chi connectivity index (χ2v) is 4.86. The molecule has 1 aliphatic carbocycles. The van der Waals surface area contributed by atoms with Gasteiger partial charge in [0.1, 0.15) is 6.61 Å². The Morgan fingerprint density at radius 2 is 2.50 bits per heavy atom. The molecule has 1 aliphatic rings. The van der Waals surface area contributed by atoms with Crippen LogP contribution in [-0.2, 0) is 11.3 Å². The predicted octanol–water partition coefficient (Wildman–Crippen LogP) is 1.37. The zero-order valence-electron chi connectivity index (χ0n) is 10.5. The SMILES string of the molecule is CC1CCCC(OCc2cc(C(=O)NN)no2)C1.